The van der Waals surface area contributed by atoms with Crippen LogP contribution in [0.15, 0.2) is 54.7 Å². The van der Waals surface area contributed by atoms with E-state index >= 15 is 0 Å². The Morgan fingerprint density at radius 3 is 2.35 bits per heavy atom. The number of carboxylic acids is 1. The van der Waals surface area contributed by atoms with Gasteiger partial charge in [-0.1, -0.05) is 18.5 Å². The number of carboxylic acid groups (broad SMARTS) is 1. The second kappa shape index (κ2) is 10.0. The van der Waals surface area contributed by atoms with Crippen molar-refractivity contribution >= 4 is 29.2 Å². The summed E-state index contributed by atoms with van der Waals surface area (Å²) in [4.78, 5) is 24.2. The van der Waals surface area contributed by atoms with Gasteiger partial charge < -0.3 is 15.6 Å². The van der Waals surface area contributed by atoms with Crippen LogP contribution in [0, 0.1) is 22.9 Å². The molecule has 1 aliphatic carbocycles. The molecular formula is C26H21ClF4N2O4. The number of carbonyl (C=O) groups is 2. The number of benzene rings is 2. The minimum atomic E-state index is -4.89. The zero-order valence-electron chi connectivity index (χ0n) is 19.4. The molecule has 1 aliphatic rings. The summed E-state index contributed by atoms with van der Waals surface area (Å²) in [6, 6.07) is 9.26. The van der Waals surface area contributed by atoms with Crippen LogP contribution in [0.1, 0.15) is 47.3 Å². The average molecular weight is 537 g/mol. The van der Waals surface area contributed by atoms with Gasteiger partial charge in [0.15, 0.2) is 6.20 Å². The molecule has 0 aliphatic heterocycles. The Balaban J connectivity index is 1.69. The summed E-state index contributed by atoms with van der Waals surface area (Å²) in [6.45, 7) is 2.00. The molecule has 3 atom stereocenters. The third-order valence-electron chi connectivity index (χ3n) is 6.52. The maximum atomic E-state index is 14.7. The van der Waals surface area contributed by atoms with Crippen LogP contribution in [0.2, 0.25) is 5.02 Å². The van der Waals surface area contributed by atoms with Crippen molar-refractivity contribution in [1.82, 2.24) is 0 Å². The molecule has 194 valence electrons. The maximum absolute atomic E-state index is 14.7. The van der Waals surface area contributed by atoms with Crippen LogP contribution in [-0.2, 0) is 11.0 Å². The van der Waals surface area contributed by atoms with Crippen LogP contribution in [0.3, 0.4) is 0 Å². The predicted octanol–water partition coefficient (Wildman–Crippen LogP) is 6.26. The van der Waals surface area contributed by atoms with Gasteiger partial charge in [0.25, 0.3) is 0 Å². The van der Waals surface area contributed by atoms with Crippen LogP contribution in [0.5, 0.6) is 0 Å². The molecule has 37 heavy (non-hydrogen) atoms. The van der Waals surface area contributed by atoms with Crippen molar-refractivity contribution in [2.75, 3.05) is 5.32 Å². The lowest BCUT2D eigenvalue weighted by atomic mass is 9.94. The minimum Gasteiger partial charge on any atom is -0.618 e. The smallest absolute Gasteiger partial charge is 0.417 e. The summed E-state index contributed by atoms with van der Waals surface area (Å²) >= 11 is 5.72. The number of nitrogens with one attached hydrogen (secondary N) is 1. The van der Waals surface area contributed by atoms with Crippen LogP contribution in [0.25, 0.3) is 11.1 Å². The van der Waals surface area contributed by atoms with Crippen molar-refractivity contribution in [3.63, 3.8) is 0 Å². The fourth-order valence-electron chi connectivity index (χ4n) is 4.30. The number of hydrogen-bond acceptors (Lipinski definition) is 3. The van der Waals surface area contributed by atoms with E-state index in [-0.39, 0.29) is 27.5 Å². The van der Waals surface area contributed by atoms with E-state index in [1.807, 2.05) is 6.92 Å². The highest BCUT2D eigenvalue weighted by Crippen LogP contribution is 2.45. The molecule has 1 saturated carbocycles. The number of anilines is 1. The van der Waals surface area contributed by atoms with E-state index in [9.17, 15) is 32.4 Å². The van der Waals surface area contributed by atoms with Gasteiger partial charge >= 0.3 is 12.1 Å². The van der Waals surface area contributed by atoms with Gasteiger partial charge in [0, 0.05) is 17.3 Å². The third kappa shape index (κ3) is 5.69. The summed E-state index contributed by atoms with van der Waals surface area (Å²) in [5, 5.41) is 24.2. The fraction of sp³-hybridized carbons (Fsp3) is 0.269. The normalized spacial score (nSPS) is 17.8. The quantitative estimate of drug-likeness (QED) is 0.212. The van der Waals surface area contributed by atoms with Crippen LogP contribution in [0.4, 0.5) is 23.2 Å². The highest BCUT2D eigenvalue weighted by Gasteiger charge is 2.40. The summed E-state index contributed by atoms with van der Waals surface area (Å²) in [6.07, 6.45) is -2.91. The first-order chi connectivity index (χ1) is 17.4. The largest absolute Gasteiger partial charge is 0.618 e. The zero-order chi connectivity index (χ0) is 27.1. The van der Waals surface area contributed by atoms with Gasteiger partial charge in [-0.2, -0.15) is 17.9 Å². The van der Waals surface area contributed by atoms with E-state index in [2.05, 4.69) is 5.32 Å². The van der Waals surface area contributed by atoms with E-state index in [4.69, 9.17) is 16.7 Å². The molecule has 1 heterocycles. The monoisotopic (exact) mass is 536 g/mol. The minimum absolute atomic E-state index is 0.0153. The Kier molecular flexibility index (Phi) is 7.14. The molecular weight excluding hydrogens is 516 g/mol. The van der Waals surface area contributed by atoms with Gasteiger partial charge in [0.2, 0.25) is 11.6 Å². The number of hydrogen-bond donors (Lipinski definition) is 2. The molecule has 2 aromatic carbocycles. The fourth-order valence-corrected chi connectivity index (χ4v) is 4.45. The Hall–Kier alpha value is -3.66. The van der Waals surface area contributed by atoms with Gasteiger partial charge in [-0.3, -0.25) is 4.79 Å². The summed E-state index contributed by atoms with van der Waals surface area (Å²) in [5.41, 5.74) is -2.15. The van der Waals surface area contributed by atoms with Crippen molar-refractivity contribution in [3.8, 4) is 11.1 Å². The van der Waals surface area contributed by atoms with Gasteiger partial charge in [-0.25, -0.2) is 9.18 Å². The highest BCUT2D eigenvalue weighted by atomic mass is 35.5. The van der Waals surface area contributed by atoms with Crippen molar-refractivity contribution in [2.24, 2.45) is 11.8 Å². The first kappa shape index (κ1) is 26.4. The molecule has 11 heteroatoms. The molecule has 0 bridgehead atoms. The average Bonchev–Trinajstić information content (AvgIpc) is 3.53. The molecule has 1 amide bonds. The number of carbonyl (C=O) groups excluding carboxylic acids is 1. The predicted molar refractivity (Wildman–Crippen MR) is 127 cm³/mol. The van der Waals surface area contributed by atoms with Crippen molar-refractivity contribution in [2.45, 2.75) is 31.9 Å². The number of pyridine rings is 1. The van der Waals surface area contributed by atoms with E-state index in [1.54, 1.807) is 0 Å². The van der Waals surface area contributed by atoms with Crippen LogP contribution < -0.4 is 10.0 Å². The SMILES string of the molecule is CC1CC1C[C@@H](C(=O)Nc1ccc(C(=O)O)cc1)c1ccc(-c2c(C(F)(F)F)ccc(Cl)c2F)c[n+]1[O-]. The molecule has 0 radical (unpaired) electrons. The number of aromatic carboxylic acids is 1. The topological polar surface area (TPSA) is 93.3 Å². The summed E-state index contributed by atoms with van der Waals surface area (Å²) in [7, 11) is 0. The van der Waals surface area contributed by atoms with E-state index in [0.29, 0.717) is 24.1 Å². The highest BCUT2D eigenvalue weighted by molar-refractivity contribution is 6.31. The van der Waals surface area contributed by atoms with Crippen LogP contribution >= 0.6 is 11.6 Å². The lowest BCUT2D eigenvalue weighted by Crippen LogP contribution is -2.37. The number of aromatic nitrogens is 1. The Morgan fingerprint density at radius 2 is 1.81 bits per heavy atom. The molecule has 0 saturated heterocycles. The summed E-state index contributed by atoms with van der Waals surface area (Å²) in [5.74, 6) is -3.41. The lowest BCUT2D eigenvalue weighted by Gasteiger charge is -2.18. The molecule has 4 rings (SSSR count). The number of halogens is 5. The standard InChI is InChI=1S/C26H21ClF4N2O4/c1-13-10-16(13)11-18(24(34)32-17-5-2-14(3-6-17)25(35)36)21-9-4-15(12-33(21)37)22-19(26(29,30)31)7-8-20(27)23(22)28/h2-9,12-13,16,18H,10-11H2,1H3,(H,32,34)(H,35,36)/t13?,16?,18-/m1/s1. The molecule has 6 nitrogen and oxygen atoms in total. The number of alkyl halides is 3. The molecule has 1 fully saturated rings. The second-order valence-electron chi connectivity index (χ2n) is 9.08. The molecule has 0 spiro atoms. The summed E-state index contributed by atoms with van der Waals surface area (Å²) < 4.78 is 55.6. The molecule has 3 aromatic rings. The van der Waals surface area contributed by atoms with E-state index in [0.717, 1.165) is 24.8 Å². The first-order valence-corrected chi connectivity index (χ1v) is 11.7. The second-order valence-corrected chi connectivity index (χ2v) is 9.49. The number of amides is 1. The Labute approximate surface area is 214 Å². The van der Waals surface area contributed by atoms with Crippen molar-refractivity contribution in [3.05, 3.63) is 87.6 Å². The molecule has 2 unspecified atom stereocenters. The Morgan fingerprint density at radius 1 is 1.16 bits per heavy atom. The van der Waals surface area contributed by atoms with Crippen LogP contribution in [-0.4, -0.2) is 17.0 Å². The van der Waals surface area contributed by atoms with Crippen molar-refractivity contribution < 1.29 is 37.0 Å². The maximum Gasteiger partial charge on any atom is 0.417 e. The molecule has 1 aromatic heterocycles. The number of nitrogens with zero attached hydrogens (tertiary/aromatic N) is 1. The van der Waals surface area contributed by atoms with Crippen molar-refractivity contribution in [1.29, 1.82) is 0 Å². The van der Waals surface area contributed by atoms with Gasteiger partial charge in [-0.05, 0) is 67.1 Å². The van der Waals surface area contributed by atoms with E-state index < -0.39 is 45.9 Å². The first-order valence-electron chi connectivity index (χ1n) is 11.3. The van der Waals surface area contributed by atoms with Gasteiger partial charge in [-0.15, -0.1) is 0 Å². The Bertz CT molecular complexity index is 1360. The van der Waals surface area contributed by atoms with Gasteiger partial charge in [0.05, 0.1) is 21.7 Å². The lowest BCUT2D eigenvalue weighted by molar-refractivity contribution is -0.614. The van der Waals surface area contributed by atoms with Gasteiger partial charge in [0.1, 0.15) is 11.7 Å². The number of rotatable bonds is 7. The molecule has 2 N–H and O–H groups in total. The third-order valence-corrected chi connectivity index (χ3v) is 6.81. The van der Waals surface area contributed by atoms with E-state index in [1.165, 1.54) is 30.3 Å². The zero-order valence-corrected chi connectivity index (χ0v) is 20.1.